The van der Waals surface area contributed by atoms with Crippen molar-refractivity contribution in [3.05, 3.63) is 141 Å². The quantitative estimate of drug-likeness (QED) is 0.201. The molecule has 0 saturated heterocycles. The molecular formula is C33H24O6. The largest absolute Gasteiger partial charge is 0.478 e. The smallest absolute Gasteiger partial charge is 0.335 e. The van der Waals surface area contributed by atoms with Crippen molar-refractivity contribution >= 4 is 54.4 Å². The third-order valence-electron chi connectivity index (χ3n) is 5.88. The second-order valence-corrected chi connectivity index (χ2v) is 8.71. The Morgan fingerprint density at radius 3 is 0.769 bits per heavy atom. The molecule has 0 unspecified atom stereocenters. The van der Waals surface area contributed by atoms with E-state index in [0.29, 0.717) is 0 Å². The van der Waals surface area contributed by atoms with Crippen molar-refractivity contribution in [3.8, 4) is 0 Å². The number of aromatic carboxylic acids is 3. The highest BCUT2D eigenvalue weighted by atomic mass is 16.4. The summed E-state index contributed by atoms with van der Waals surface area (Å²) >= 11 is 0. The standard InChI is InChI=1S/C33H24O6/c34-31(35)28-13-7-22(8-14-28)1-4-25-19-26(5-2-23-9-15-29(16-10-23)32(36)37)21-27(20-25)6-3-24-11-17-30(18-12-24)33(38)39/h1-21H,(H,34,35)(H,36,37)(H,38,39)/b4-1+,5-2+,6-3+. The lowest BCUT2D eigenvalue weighted by Crippen LogP contribution is -1.94. The Labute approximate surface area is 225 Å². The van der Waals surface area contributed by atoms with Gasteiger partial charge in [0.25, 0.3) is 0 Å². The van der Waals surface area contributed by atoms with Crippen LogP contribution < -0.4 is 0 Å². The molecule has 0 fully saturated rings. The summed E-state index contributed by atoms with van der Waals surface area (Å²) in [5, 5.41) is 27.3. The number of hydrogen-bond acceptors (Lipinski definition) is 3. The first-order valence-electron chi connectivity index (χ1n) is 12.0. The topological polar surface area (TPSA) is 112 Å². The maximum absolute atomic E-state index is 11.1. The number of hydrogen-bond donors (Lipinski definition) is 3. The average molecular weight is 517 g/mol. The molecule has 192 valence electrons. The minimum atomic E-state index is -0.975. The molecule has 0 radical (unpaired) electrons. The Morgan fingerprint density at radius 1 is 0.359 bits per heavy atom. The molecule has 0 atom stereocenters. The van der Waals surface area contributed by atoms with Gasteiger partial charge in [0.05, 0.1) is 16.7 Å². The van der Waals surface area contributed by atoms with E-state index in [1.54, 1.807) is 72.8 Å². The fourth-order valence-corrected chi connectivity index (χ4v) is 3.78. The molecule has 4 aromatic rings. The van der Waals surface area contributed by atoms with Gasteiger partial charge in [-0.15, -0.1) is 0 Å². The normalized spacial score (nSPS) is 11.4. The maximum atomic E-state index is 11.1. The molecule has 39 heavy (non-hydrogen) atoms. The third-order valence-corrected chi connectivity index (χ3v) is 5.88. The molecule has 0 aromatic heterocycles. The number of carboxylic acid groups (broad SMARTS) is 3. The van der Waals surface area contributed by atoms with Gasteiger partial charge in [0.15, 0.2) is 0 Å². The molecule has 0 bridgehead atoms. The second kappa shape index (κ2) is 12.2. The highest BCUT2D eigenvalue weighted by Gasteiger charge is 2.03. The lowest BCUT2D eigenvalue weighted by atomic mass is 10.0. The van der Waals surface area contributed by atoms with Crippen LogP contribution in [0.25, 0.3) is 36.5 Å². The minimum absolute atomic E-state index is 0.222. The van der Waals surface area contributed by atoms with Crippen molar-refractivity contribution in [1.29, 1.82) is 0 Å². The Morgan fingerprint density at radius 2 is 0.564 bits per heavy atom. The summed E-state index contributed by atoms with van der Waals surface area (Å²) in [5.41, 5.74) is 5.99. The predicted molar refractivity (Wildman–Crippen MR) is 153 cm³/mol. The van der Waals surface area contributed by atoms with E-state index >= 15 is 0 Å². The van der Waals surface area contributed by atoms with E-state index in [2.05, 4.69) is 0 Å². The molecule has 0 aliphatic rings. The zero-order valence-corrected chi connectivity index (χ0v) is 20.7. The summed E-state index contributed by atoms with van der Waals surface area (Å²) in [4.78, 5) is 33.3. The first-order chi connectivity index (χ1) is 18.8. The van der Waals surface area contributed by atoms with Crippen molar-refractivity contribution in [2.24, 2.45) is 0 Å². The van der Waals surface area contributed by atoms with Gasteiger partial charge in [-0.2, -0.15) is 0 Å². The van der Waals surface area contributed by atoms with Crippen molar-refractivity contribution in [2.45, 2.75) is 0 Å². The van der Waals surface area contributed by atoms with Crippen molar-refractivity contribution < 1.29 is 29.7 Å². The lowest BCUT2D eigenvalue weighted by Gasteiger charge is -2.04. The van der Waals surface area contributed by atoms with Crippen LogP contribution in [0, 0.1) is 0 Å². The Kier molecular flexibility index (Phi) is 8.29. The lowest BCUT2D eigenvalue weighted by molar-refractivity contribution is 0.0686. The molecule has 6 nitrogen and oxygen atoms in total. The molecule has 4 rings (SSSR count). The van der Waals surface area contributed by atoms with E-state index in [1.807, 2.05) is 54.7 Å². The molecule has 0 saturated carbocycles. The summed E-state index contributed by atoms with van der Waals surface area (Å²) in [7, 11) is 0. The number of carbonyl (C=O) groups is 3. The predicted octanol–water partition coefficient (Wildman–Crippen LogP) is 7.29. The first-order valence-corrected chi connectivity index (χ1v) is 12.0. The summed E-state index contributed by atoms with van der Waals surface area (Å²) in [6.07, 6.45) is 11.5. The molecule has 0 aliphatic heterocycles. The molecule has 0 aliphatic carbocycles. The van der Waals surface area contributed by atoms with Crippen LogP contribution in [0.15, 0.2) is 91.0 Å². The van der Waals surface area contributed by atoms with Crippen molar-refractivity contribution in [2.75, 3.05) is 0 Å². The van der Waals surface area contributed by atoms with Crippen LogP contribution >= 0.6 is 0 Å². The number of benzene rings is 4. The van der Waals surface area contributed by atoms with Gasteiger partial charge in [0.1, 0.15) is 0 Å². The van der Waals surface area contributed by atoms with Gasteiger partial charge >= 0.3 is 17.9 Å². The van der Waals surface area contributed by atoms with E-state index in [0.717, 1.165) is 33.4 Å². The van der Waals surface area contributed by atoms with Crippen LogP contribution in [0.4, 0.5) is 0 Å². The maximum Gasteiger partial charge on any atom is 0.335 e. The van der Waals surface area contributed by atoms with Gasteiger partial charge < -0.3 is 15.3 Å². The minimum Gasteiger partial charge on any atom is -0.478 e. The van der Waals surface area contributed by atoms with Gasteiger partial charge in [0.2, 0.25) is 0 Å². The number of carboxylic acids is 3. The highest BCUT2D eigenvalue weighted by molar-refractivity contribution is 5.89. The van der Waals surface area contributed by atoms with Crippen LogP contribution in [-0.2, 0) is 0 Å². The summed E-state index contributed by atoms with van der Waals surface area (Å²) in [6, 6.07) is 25.8. The van der Waals surface area contributed by atoms with E-state index in [1.165, 1.54) is 0 Å². The van der Waals surface area contributed by atoms with Gasteiger partial charge in [-0.1, -0.05) is 72.9 Å². The summed E-state index contributed by atoms with van der Waals surface area (Å²) < 4.78 is 0. The van der Waals surface area contributed by atoms with Crippen LogP contribution in [-0.4, -0.2) is 33.2 Å². The summed E-state index contributed by atoms with van der Waals surface area (Å²) in [6.45, 7) is 0. The van der Waals surface area contributed by atoms with Gasteiger partial charge in [-0.25, -0.2) is 14.4 Å². The molecule has 4 aromatic carbocycles. The first kappa shape index (κ1) is 26.6. The molecular weight excluding hydrogens is 492 g/mol. The average Bonchev–Trinajstić information content (AvgIpc) is 2.94. The number of rotatable bonds is 9. The Hall–Kier alpha value is -5.49. The van der Waals surface area contributed by atoms with E-state index in [9.17, 15) is 14.4 Å². The van der Waals surface area contributed by atoms with E-state index in [4.69, 9.17) is 15.3 Å². The van der Waals surface area contributed by atoms with Crippen molar-refractivity contribution in [1.82, 2.24) is 0 Å². The fourth-order valence-electron chi connectivity index (χ4n) is 3.78. The molecule has 3 N–H and O–H groups in total. The molecule has 6 heteroatoms. The van der Waals surface area contributed by atoms with Crippen LogP contribution in [0.1, 0.15) is 64.5 Å². The van der Waals surface area contributed by atoms with Crippen LogP contribution in [0.2, 0.25) is 0 Å². The Balaban J connectivity index is 1.63. The van der Waals surface area contributed by atoms with Gasteiger partial charge in [-0.05, 0) is 88.0 Å². The van der Waals surface area contributed by atoms with Crippen molar-refractivity contribution in [3.63, 3.8) is 0 Å². The van der Waals surface area contributed by atoms with Crippen LogP contribution in [0.3, 0.4) is 0 Å². The Bertz CT molecular complexity index is 1380. The highest BCUT2D eigenvalue weighted by Crippen LogP contribution is 2.19. The molecule has 0 spiro atoms. The SMILES string of the molecule is O=C(O)c1ccc(/C=C/c2cc(/C=C/c3ccc(C(=O)O)cc3)cc(/C=C/c3ccc(C(=O)O)cc3)c2)cc1. The zero-order valence-electron chi connectivity index (χ0n) is 20.7. The summed E-state index contributed by atoms with van der Waals surface area (Å²) in [5.74, 6) is -2.93. The monoisotopic (exact) mass is 516 g/mol. The van der Waals surface area contributed by atoms with Crippen LogP contribution in [0.5, 0.6) is 0 Å². The van der Waals surface area contributed by atoms with Gasteiger partial charge in [0, 0.05) is 0 Å². The molecule has 0 amide bonds. The fraction of sp³-hybridized carbons (Fsp3) is 0. The van der Waals surface area contributed by atoms with E-state index in [-0.39, 0.29) is 16.7 Å². The zero-order chi connectivity index (χ0) is 27.8. The third kappa shape index (κ3) is 7.50. The van der Waals surface area contributed by atoms with E-state index < -0.39 is 17.9 Å². The molecule has 0 heterocycles. The van der Waals surface area contributed by atoms with Gasteiger partial charge in [-0.3, -0.25) is 0 Å². The second-order valence-electron chi connectivity index (χ2n) is 8.71.